The Bertz CT molecular complexity index is 216. The number of rotatable bonds is 7. The van der Waals surface area contributed by atoms with Crippen molar-refractivity contribution in [3.63, 3.8) is 0 Å². The number of carbonyl (C=O) groups is 2. The molecule has 0 fully saturated rings. The van der Waals surface area contributed by atoms with Crippen LogP contribution in [0.4, 0.5) is 0 Å². The van der Waals surface area contributed by atoms with E-state index in [0.29, 0.717) is 6.54 Å². The van der Waals surface area contributed by atoms with E-state index in [2.05, 4.69) is 17.2 Å². The molecule has 0 aromatic heterocycles. The van der Waals surface area contributed by atoms with Crippen molar-refractivity contribution in [1.29, 1.82) is 0 Å². The van der Waals surface area contributed by atoms with Gasteiger partial charge in [-0.25, -0.2) is 0 Å². The molecule has 0 saturated carbocycles. The topological polar surface area (TPSA) is 78.4 Å². The summed E-state index contributed by atoms with van der Waals surface area (Å²) < 4.78 is 0. The molecule has 0 saturated heterocycles. The molecule has 0 rings (SSSR count). The second-order valence-corrected chi connectivity index (χ2v) is 2.96. The predicted molar refractivity (Wildman–Crippen MR) is 52.9 cm³/mol. The van der Waals surface area contributed by atoms with Gasteiger partial charge < -0.3 is 15.7 Å². The average molecular weight is 200 g/mol. The minimum Gasteiger partial charge on any atom is -0.481 e. The first-order valence-electron chi connectivity index (χ1n) is 4.39. The lowest BCUT2D eigenvalue weighted by Crippen LogP contribution is -2.37. The molecule has 80 valence electrons. The van der Waals surface area contributed by atoms with E-state index in [1.807, 2.05) is 0 Å². The first kappa shape index (κ1) is 12.6. The standard InChI is InChI=1S/C9H16N2O3/c1-3-4-10-6-8(12)11-5-7(2)9(13)14/h3,7,10H,1,4-6H2,2H3,(H,11,12)(H,13,14). The van der Waals surface area contributed by atoms with Crippen LogP contribution in [0.1, 0.15) is 6.92 Å². The number of nitrogens with one attached hydrogen (secondary N) is 2. The van der Waals surface area contributed by atoms with Crippen LogP contribution in [0.2, 0.25) is 0 Å². The number of carboxylic acids is 1. The Morgan fingerprint density at radius 2 is 2.21 bits per heavy atom. The zero-order valence-electron chi connectivity index (χ0n) is 8.25. The molecule has 0 aliphatic carbocycles. The fourth-order valence-electron chi connectivity index (χ4n) is 0.705. The Labute approximate surface area is 83.2 Å². The van der Waals surface area contributed by atoms with Gasteiger partial charge in [-0.05, 0) is 0 Å². The molecule has 5 nitrogen and oxygen atoms in total. The fraction of sp³-hybridized carbons (Fsp3) is 0.556. The zero-order valence-corrected chi connectivity index (χ0v) is 8.25. The second kappa shape index (κ2) is 7.08. The van der Waals surface area contributed by atoms with Crippen LogP contribution in [-0.2, 0) is 9.59 Å². The van der Waals surface area contributed by atoms with Crippen molar-refractivity contribution >= 4 is 11.9 Å². The van der Waals surface area contributed by atoms with Gasteiger partial charge in [-0.2, -0.15) is 0 Å². The molecule has 0 heterocycles. The van der Waals surface area contributed by atoms with Crippen LogP contribution in [0.3, 0.4) is 0 Å². The Hall–Kier alpha value is -1.36. The number of aliphatic carboxylic acids is 1. The molecule has 0 radical (unpaired) electrons. The van der Waals surface area contributed by atoms with Crippen molar-refractivity contribution in [2.45, 2.75) is 6.92 Å². The molecule has 1 atom stereocenters. The van der Waals surface area contributed by atoms with Crippen molar-refractivity contribution in [2.75, 3.05) is 19.6 Å². The molecular formula is C9H16N2O3. The molecule has 3 N–H and O–H groups in total. The molecule has 0 bridgehead atoms. The summed E-state index contributed by atoms with van der Waals surface area (Å²) in [6.07, 6.45) is 1.65. The Morgan fingerprint density at radius 1 is 1.57 bits per heavy atom. The number of amides is 1. The van der Waals surface area contributed by atoms with Crippen LogP contribution in [0.15, 0.2) is 12.7 Å². The first-order chi connectivity index (χ1) is 6.57. The molecule has 0 aliphatic heterocycles. The summed E-state index contributed by atoms with van der Waals surface area (Å²) in [6.45, 7) is 5.92. The van der Waals surface area contributed by atoms with Crippen molar-refractivity contribution in [3.05, 3.63) is 12.7 Å². The summed E-state index contributed by atoms with van der Waals surface area (Å²) in [5, 5.41) is 13.8. The van der Waals surface area contributed by atoms with Crippen molar-refractivity contribution in [2.24, 2.45) is 5.92 Å². The summed E-state index contributed by atoms with van der Waals surface area (Å²) in [6, 6.07) is 0. The summed E-state index contributed by atoms with van der Waals surface area (Å²) in [7, 11) is 0. The van der Waals surface area contributed by atoms with Gasteiger partial charge in [0.25, 0.3) is 0 Å². The lowest BCUT2D eigenvalue weighted by atomic mass is 10.2. The van der Waals surface area contributed by atoms with Gasteiger partial charge in [-0.3, -0.25) is 9.59 Å². The highest BCUT2D eigenvalue weighted by Gasteiger charge is 2.11. The van der Waals surface area contributed by atoms with Crippen LogP contribution < -0.4 is 10.6 Å². The van der Waals surface area contributed by atoms with Gasteiger partial charge in [-0.1, -0.05) is 13.0 Å². The minimum absolute atomic E-state index is 0.157. The fourth-order valence-corrected chi connectivity index (χ4v) is 0.705. The highest BCUT2D eigenvalue weighted by atomic mass is 16.4. The second-order valence-electron chi connectivity index (χ2n) is 2.96. The van der Waals surface area contributed by atoms with Gasteiger partial charge in [0.1, 0.15) is 0 Å². The van der Waals surface area contributed by atoms with Gasteiger partial charge in [0.05, 0.1) is 12.5 Å². The largest absolute Gasteiger partial charge is 0.481 e. The van der Waals surface area contributed by atoms with E-state index in [1.165, 1.54) is 0 Å². The Morgan fingerprint density at radius 3 is 2.71 bits per heavy atom. The molecule has 0 spiro atoms. The zero-order chi connectivity index (χ0) is 11.0. The van der Waals surface area contributed by atoms with Gasteiger partial charge in [0.2, 0.25) is 5.91 Å². The van der Waals surface area contributed by atoms with Crippen LogP contribution >= 0.6 is 0 Å². The van der Waals surface area contributed by atoms with Crippen molar-refractivity contribution in [3.8, 4) is 0 Å². The third-order valence-corrected chi connectivity index (χ3v) is 1.60. The van der Waals surface area contributed by atoms with E-state index >= 15 is 0 Å². The highest BCUT2D eigenvalue weighted by Crippen LogP contribution is 1.90. The number of carboxylic acid groups (broad SMARTS) is 1. The first-order valence-corrected chi connectivity index (χ1v) is 4.39. The van der Waals surface area contributed by atoms with Crippen molar-refractivity contribution < 1.29 is 14.7 Å². The Kier molecular flexibility index (Phi) is 6.39. The average Bonchev–Trinajstić information content (AvgIpc) is 2.14. The summed E-state index contributed by atoms with van der Waals surface area (Å²) in [5.41, 5.74) is 0. The summed E-state index contributed by atoms with van der Waals surface area (Å²) in [5.74, 6) is -1.68. The quantitative estimate of drug-likeness (QED) is 0.386. The normalized spacial score (nSPS) is 11.8. The number of hydrogen-bond donors (Lipinski definition) is 3. The van der Waals surface area contributed by atoms with Crippen molar-refractivity contribution in [1.82, 2.24) is 10.6 Å². The lowest BCUT2D eigenvalue weighted by Gasteiger charge is -2.08. The maximum Gasteiger partial charge on any atom is 0.308 e. The molecule has 14 heavy (non-hydrogen) atoms. The minimum atomic E-state index is -0.913. The van der Waals surface area contributed by atoms with Gasteiger partial charge in [0.15, 0.2) is 0 Å². The molecule has 1 amide bonds. The number of hydrogen-bond acceptors (Lipinski definition) is 3. The predicted octanol–water partition coefficient (Wildman–Crippen LogP) is -0.401. The smallest absolute Gasteiger partial charge is 0.308 e. The third kappa shape index (κ3) is 6.19. The SMILES string of the molecule is C=CCNCC(=O)NCC(C)C(=O)O. The monoisotopic (exact) mass is 200 g/mol. The van der Waals surface area contributed by atoms with Crippen LogP contribution in [-0.4, -0.2) is 36.6 Å². The molecular weight excluding hydrogens is 184 g/mol. The van der Waals surface area contributed by atoms with Gasteiger partial charge >= 0.3 is 5.97 Å². The molecule has 0 aromatic carbocycles. The van der Waals surface area contributed by atoms with Gasteiger partial charge in [-0.15, -0.1) is 6.58 Å². The van der Waals surface area contributed by atoms with E-state index in [0.717, 1.165) is 0 Å². The summed E-state index contributed by atoms with van der Waals surface area (Å²) >= 11 is 0. The van der Waals surface area contributed by atoms with E-state index in [9.17, 15) is 9.59 Å². The number of carbonyl (C=O) groups excluding carboxylic acids is 1. The molecule has 5 heteroatoms. The highest BCUT2D eigenvalue weighted by molar-refractivity contribution is 5.79. The Balaban J connectivity index is 3.53. The third-order valence-electron chi connectivity index (χ3n) is 1.60. The molecule has 0 aliphatic rings. The van der Waals surface area contributed by atoms with E-state index in [1.54, 1.807) is 13.0 Å². The lowest BCUT2D eigenvalue weighted by molar-refractivity contribution is -0.141. The van der Waals surface area contributed by atoms with E-state index in [4.69, 9.17) is 5.11 Å². The van der Waals surface area contributed by atoms with Crippen LogP contribution in [0, 0.1) is 5.92 Å². The maximum atomic E-state index is 11.0. The van der Waals surface area contributed by atoms with Gasteiger partial charge in [0, 0.05) is 13.1 Å². The van der Waals surface area contributed by atoms with E-state index in [-0.39, 0.29) is 19.0 Å². The summed E-state index contributed by atoms with van der Waals surface area (Å²) in [4.78, 5) is 21.4. The van der Waals surface area contributed by atoms with Crippen LogP contribution in [0.5, 0.6) is 0 Å². The maximum absolute atomic E-state index is 11.0. The molecule has 1 unspecified atom stereocenters. The van der Waals surface area contributed by atoms with Crippen LogP contribution in [0.25, 0.3) is 0 Å². The molecule has 0 aromatic rings. The van der Waals surface area contributed by atoms with E-state index < -0.39 is 11.9 Å².